The predicted molar refractivity (Wildman–Crippen MR) is 70.9 cm³/mol. The molecule has 88 valence electrons. The maximum absolute atomic E-state index is 11.5. The number of rotatable bonds is 5. The van der Waals surface area contributed by atoms with Crippen molar-refractivity contribution in [1.82, 2.24) is 0 Å². The molecular weight excluding hydrogens is 210 g/mol. The summed E-state index contributed by atoms with van der Waals surface area (Å²) in [5.74, 6) is 0.250. The van der Waals surface area contributed by atoms with E-state index in [1.165, 1.54) is 16.3 Å². The maximum atomic E-state index is 11.5. The van der Waals surface area contributed by atoms with E-state index in [0.717, 1.165) is 6.42 Å². The highest BCUT2D eigenvalue weighted by Crippen LogP contribution is 2.19. The summed E-state index contributed by atoms with van der Waals surface area (Å²) in [6, 6.07) is 14.5. The van der Waals surface area contributed by atoms with Crippen LogP contribution in [0.4, 0.5) is 0 Å². The quantitative estimate of drug-likeness (QED) is 0.853. The molecule has 0 heterocycles. The number of ketones is 1. The summed E-state index contributed by atoms with van der Waals surface area (Å²) >= 11 is 0. The van der Waals surface area contributed by atoms with Crippen LogP contribution in [0.3, 0.4) is 0 Å². The number of carbonyl (C=O) groups excluding carboxylic acids is 1. The van der Waals surface area contributed by atoms with Gasteiger partial charge < -0.3 is 5.73 Å². The van der Waals surface area contributed by atoms with Crippen LogP contribution in [-0.4, -0.2) is 12.3 Å². The second-order valence-corrected chi connectivity index (χ2v) is 4.22. The predicted octanol–water partition coefficient (Wildman–Crippen LogP) is 2.69. The van der Waals surface area contributed by atoms with E-state index in [2.05, 4.69) is 24.3 Å². The van der Waals surface area contributed by atoms with E-state index >= 15 is 0 Å². The topological polar surface area (TPSA) is 43.1 Å². The Labute approximate surface area is 101 Å². The molecular formula is C15H17NO. The van der Waals surface area contributed by atoms with Crippen molar-refractivity contribution in [3.05, 3.63) is 48.0 Å². The van der Waals surface area contributed by atoms with E-state index in [1.807, 2.05) is 18.2 Å². The van der Waals surface area contributed by atoms with Crippen molar-refractivity contribution < 1.29 is 4.79 Å². The molecule has 2 heteroatoms. The van der Waals surface area contributed by atoms with Crippen molar-refractivity contribution in [2.75, 3.05) is 6.54 Å². The zero-order chi connectivity index (χ0) is 12.1. The van der Waals surface area contributed by atoms with Crippen LogP contribution in [0.25, 0.3) is 10.8 Å². The molecule has 0 aromatic heterocycles. The van der Waals surface area contributed by atoms with E-state index < -0.39 is 0 Å². The van der Waals surface area contributed by atoms with Gasteiger partial charge in [-0.2, -0.15) is 0 Å². The van der Waals surface area contributed by atoms with Gasteiger partial charge in [0.15, 0.2) is 0 Å². The van der Waals surface area contributed by atoms with Crippen molar-refractivity contribution >= 4 is 16.6 Å². The monoisotopic (exact) mass is 227 g/mol. The molecule has 0 saturated carbocycles. The lowest BCUT2D eigenvalue weighted by Gasteiger charge is -2.05. The highest BCUT2D eigenvalue weighted by molar-refractivity contribution is 5.86. The molecule has 0 amide bonds. The molecule has 2 rings (SSSR count). The summed E-state index contributed by atoms with van der Waals surface area (Å²) < 4.78 is 0. The van der Waals surface area contributed by atoms with E-state index in [0.29, 0.717) is 19.4 Å². The largest absolute Gasteiger partial charge is 0.330 e. The average Bonchev–Trinajstić information content (AvgIpc) is 2.36. The van der Waals surface area contributed by atoms with Crippen molar-refractivity contribution in [3.63, 3.8) is 0 Å². The number of Topliss-reactive ketones (excluding diaryl/α,β-unsaturated/α-hetero) is 1. The minimum atomic E-state index is 0.250. The normalized spacial score (nSPS) is 10.6. The molecule has 2 N–H and O–H groups in total. The Hall–Kier alpha value is -1.67. The van der Waals surface area contributed by atoms with Gasteiger partial charge in [-0.25, -0.2) is 0 Å². The lowest BCUT2D eigenvalue weighted by Crippen LogP contribution is -2.08. The first-order chi connectivity index (χ1) is 8.31. The van der Waals surface area contributed by atoms with Gasteiger partial charge in [0.05, 0.1) is 0 Å². The van der Waals surface area contributed by atoms with Crippen LogP contribution in [0, 0.1) is 0 Å². The molecule has 0 spiro atoms. The van der Waals surface area contributed by atoms with Gasteiger partial charge in [0.25, 0.3) is 0 Å². The van der Waals surface area contributed by atoms with Crippen molar-refractivity contribution in [3.8, 4) is 0 Å². The fourth-order valence-electron chi connectivity index (χ4n) is 2.07. The Morgan fingerprint density at radius 3 is 2.59 bits per heavy atom. The Balaban J connectivity index is 2.16. The van der Waals surface area contributed by atoms with Crippen molar-refractivity contribution in [1.29, 1.82) is 0 Å². The Morgan fingerprint density at radius 1 is 1.00 bits per heavy atom. The summed E-state index contributed by atoms with van der Waals surface area (Å²) in [7, 11) is 0. The number of benzene rings is 2. The first-order valence-corrected chi connectivity index (χ1v) is 5.99. The average molecular weight is 227 g/mol. The molecule has 2 aromatic rings. The standard InChI is InChI=1S/C15H17NO/c16-11-10-14(17)9-8-13-6-3-5-12-4-1-2-7-15(12)13/h1-7H,8-11,16H2. The molecule has 0 atom stereocenters. The molecule has 0 bridgehead atoms. The first kappa shape index (κ1) is 11.8. The number of carbonyl (C=O) groups is 1. The Bertz CT molecular complexity index is 514. The zero-order valence-corrected chi connectivity index (χ0v) is 9.86. The van der Waals surface area contributed by atoms with E-state index in [1.54, 1.807) is 0 Å². The van der Waals surface area contributed by atoms with Crippen molar-refractivity contribution in [2.45, 2.75) is 19.3 Å². The summed E-state index contributed by atoms with van der Waals surface area (Å²) in [5, 5.41) is 2.48. The molecule has 2 aromatic carbocycles. The number of fused-ring (bicyclic) bond motifs is 1. The second kappa shape index (κ2) is 5.60. The smallest absolute Gasteiger partial charge is 0.134 e. The molecule has 0 saturated heterocycles. The molecule has 0 aliphatic rings. The van der Waals surface area contributed by atoms with Gasteiger partial charge in [0.2, 0.25) is 0 Å². The Morgan fingerprint density at radius 2 is 1.76 bits per heavy atom. The fourth-order valence-corrected chi connectivity index (χ4v) is 2.07. The van der Waals surface area contributed by atoms with Gasteiger partial charge in [-0.05, 0) is 29.3 Å². The first-order valence-electron chi connectivity index (χ1n) is 5.99. The lowest BCUT2D eigenvalue weighted by molar-refractivity contribution is -0.118. The number of aryl methyl sites for hydroxylation is 1. The number of hydrogen-bond acceptors (Lipinski definition) is 2. The molecule has 0 radical (unpaired) electrons. The van der Waals surface area contributed by atoms with Crippen LogP contribution in [-0.2, 0) is 11.2 Å². The van der Waals surface area contributed by atoms with Crippen LogP contribution < -0.4 is 5.73 Å². The molecule has 0 aliphatic carbocycles. The summed E-state index contributed by atoms with van der Waals surface area (Å²) in [6.45, 7) is 0.453. The van der Waals surface area contributed by atoms with Crippen LogP contribution in [0.15, 0.2) is 42.5 Å². The van der Waals surface area contributed by atoms with Crippen LogP contribution in [0.1, 0.15) is 18.4 Å². The zero-order valence-electron chi connectivity index (χ0n) is 9.86. The van der Waals surface area contributed by atoms with Gasteiger partial charge in [-0.3, -0.25) is 4.79 Å². The summed E-state index contributed by atoms with van der Waals surface area (Å²) in [5.41, 5.74) is 6.61. The van der Waals surface area contributed by atoms with Gasteiger partial charge in [0, 0.05) is 12.8 Å². The maximum Gasteiger partial charge on any atom is 0.134 e. The second-order valence-electron chi connectivity index (χ2n) is 4.22. The van der Waals surface area contributed by atoms with Crippen LogP contribution in [0.2, 0.25) is 0 Å². The molecule has 0 aliphatic heterocycles. The number of nitrogens with two attached hydrogens (primary N) is 1. The van der Waals surface area contributed by atoms with Gasteiger partial charge in [-0.1, -0.05) is 42.5 Å². The number of hydrogen-bond donors (Lipinski definition) is 1. The summed E-state index contributed by atoms with van der Waals surface area (Å²) in [6.07, 6.45) is 1.89. The highest BCUT2D eigenvalue weighted by Gasteiger charge is 2.04. The van der Waals surface area contributed by atoms with Crippen molar-refractivity contribution in [2.24, 2.45) is 5.73 Å². The molecule has 0 unspecified atom stereocenters. The van der Waals surface area contributed by atoms with E-state index in [9.17, 15) is 4.79 Å². The third-order valence-electron chi connectivity index (χ3n) is 2.98. The van der Waals surface area contributed by atoms with E-state index in [-0.39, 0.29) is 5.78 Å². The molecule has 2 nitrogen and oxygen atoms in total. The van der Waals surface area contributed by atoms with Gasteiger partial charge >= 0.3 is 0 Å². The minimum absolute atomic E-state index is 0.250. The third kappa shape index (κ3) is 2.92. The van der Waals surface area contributed by atoms with E-state index in [4.69, 9.17) is 5.73 Å². The summed E-state index contributed by atoms with van der Waals surface area (Å²) in [4.78, 5) is 11.5. The van der Waals surface area contributed by atoms with Gasteiger partial charge in [-0.15, -0.1) is 0 Å². The van der Waals surface area contributed by atoms with Crippen LogP contribution in [0.5, 0.6) is 0 Å². The SMILES string of the molecule is NCCC(=O)CCc1cccc2ccccc12. The molecule has 17 heavy (non-hydrogen) atoms. The minimum Gasteiger partial charge on any atom is -0.330 e. The highest BCUT2D eigenvalue weighted by atomic mass is 16.1. The third-order valence-corrected chi connectivity index (χ3v) is 2.98. The fraction of sp³-hybridized carbons (Fsp3) is 0.267. The van der Waals surface area contributed by atoms with Crippen LogP contribution >= 0.6 is 0 Å². The van der Waals surface area contributed by atoms with Gasteiger partial charge in [0.1, 0.15) is 5.78 Å². The molecule has 0 fully saturated rings. The lowest BCUT2D eigenvalue weighted by atomic mass is 9.99. The Kier molecular flexibility index (Phi) is 3.89.